The number of rotatable bonds is 3. The molecule has 0 saturated carbocycles. The Bertz CT molecular complexity index is 586. The van der Waals surface area contributed by atoms with Crippen molar-refractivity contribution < 1.29 is 14.7 Å². The third kappa shape index (κ3) is 5.47. The Morgan fingerprint density at radius 1 is 1.00 bits per heavy atom. The highest BCUT2D eigenvalue weighted by Crippen LogP contribution is 2.34. The van der Waals surface area contributed by atoms with Crippen molar-refractivity contribution in [3.63, 3.8) is 0 Å². The van der Waals surface area contributed by atoms with E-state index in [1.165, 1.54) is 0 Å². The molecule has 1 atom stereocenters. The van der Waals surface area contributed by atoms with Gasteiger partial charge in [-0.1, -0.05) is 12.1 Å². The molecule has 1 aliphatic heterocycles. The predicted octanol–water partition coefficient (Wildman–Crippen LogP) is 1.67. The third-order valence-electron chi connectivity index (χ3n) is 2.43. The Morgan fingerprint density at radius 2 is 1.55 bits per heavy atom. The molecule has 3 heterocycles. The molecule has 8 heteroatoms. The summed E-state index contributed by atoms with van der Waals surface area (Å²) in [4.78, 5) is 28.8. The van der Waals surface area contributed by atoms with Gasteiger partial charge >= 0.3 is 0 Å². The molecule has 0 spiro atoms. The second kappa shape index (κ2) is 8.52. The number of hydrogen-bond donors (Lipinski definition) is 2. The van der Waals surface area contributed by atoms with Gasteiger partial charge < -0.3 is 5.11 Å². The molecule has 3 rings (SSSR count). The molecular formula is C14H13N3O3S2. The lowest BCUT2D eigenvalue weighted by Crippen LogP contribution is -2.24. The number of amides is 2. The second-order valence-electron chi connectivity index (χ2n) is 4.13. The van der Waals surface area contributed by atoms with Crippen LogP contribution in [0.1, 0.15) is 6.42 Å². The van der Waals surface area contributed by atoms with E-state index in [9.17, 15) is 9.59 Å². The quantitative estimate of drug-likeness (QED) is 0.651. The first-order valence-corrected chi connectivity index (χ1v) is 8.48. The summed E-state index contributed by atoms with van der Waals surface area (Å²) in [5.41, 5.74) is 0. The van der Waals surface area contributed by atoms with Gasteiger partial charge in [0.1, 0.15) is 16.2 Å². The van der Waals surface area contributed by atoms with E-state index in [0.29, 0.717) is 0 Å². The van der Waals surface area contributed by atoms with Gasteiger partial charge in [0.2, 0.25) is 5.91 Å². The van der Waals surface area contributed by atoms with Crippen LogP contribution in [-0.4, -0.2) is 33.0 Å². The number of aromatic nitrogens is 2. The standard InChI is InChI=1S/C10H8N2S2.C4H5NO3/c1-3-7-11-9(5-1)13-14-10-6-2-4-8-12-10;6-2-1-3(7)5-4(2)8/h1-8H;2,6H,1H2,(H,5,7,8). The zero-order chi connectivity index (χ0) is 15.8. The number of nitrogens with zero attached hydrogens (tertiary/aromatic N) is 2. The van der Waals surface area contributed by atoms with Gasteiger partial charge in [-0.05, 0) is 45.9 Å². The van der Waals surface area contributed by atoms with Crippen LogP contribution >= 0.6 is 21.6 Å². The summed E-state index contributed by atoms with van der Waals surface area (Å²) in [7, 11) is 3.23. The Balaban J connectivity index is 0.000000188. The molecule has 22 heavy (non-hydrogen) atoms. The van der Waals surface area contributed by atoms with Crippen molar-refractivity contribution in [2.45, 2.75) is 22.6 Å². The number of carbonyl (C=O) groups excluding carboxylic acids is 2. The number of pyridine rings is 2. The summed E-state index contributed by atoms with van der Waals surface area (Å²) in [5, 5.41) is 12.5. The van der Waals surface area contributed by atoms with Gasteiger partial charge in [0, 0.05) is 12.4 Å². The van der Waals surface area contributed by atoms with Crippen molar-refractivity contribution in [3.05, 3.63) is 48.8 Å². The lowest BCUT2D eigenvalue weighted by atomic mass is 10.3. The monoisotopic (exact) mass is 335 g/mol. The van der Waals surface area contributed by atoms with E-state index in [4.69, 9.17) is 5.11 Å². The highest BCUT2D eigenvalue weighted by molar-refractivity contribution is 8.76. The number of carbonyl (C=O) groups is 2. The van der Waals surface area contributed by atoms with Gasteiger partial charge in [0.25, 0.3) is 5.91 Å². The van der Waals surface area contributed by atoms with E-state index < -0.39 is 17.9 Å². The molecule has 114 valence electrons. The number of hydrogen-bond acceptors (Lipinski definition) is 7. The smallest absolute Gasteiger partial charge is 0.255 e. The van der Waals surface area contributed by atoms with Crippen LogP contribution in [0.3, 0.4) is 0 Å². The zero-order valence-corrected chi connectivity index (χ0v) is 13.0. The Kier molecular flexibility index (Phi) is 6.38. The average Bonchev–Trinajstić information content (AvgIpc) is 2.84. The van der Waals surface area contributed by atoms with Crippen LogP contribution in [0, 0.1) is 0 Å². The summed E-state index contributed by atoms with van der Waals surface area (Å²) < 4.78 is 0. The molecule has 0 aromatic carbocycles. The summed E-state index contributed by atoms with van der Waals surface area (Å²) in [6.45, 7) is 0. The van der Waals surface area contributed by atoms with Crippen molar-refractivity contribution in [1.82, 2.24) is 15.3 Å². The first kappa shape index (κ1) is 16.5. The number of aliphatic hydroxyl groups excluding tert-OH is 1. The SMILES string of the molecule is O=C1CC(O)C(=O)N1.c1ccc(SSc2ccccn2)nc1. The lowest BCUT2D eigenvalue weighted by molar-refractivity contribution is -0.127. The van der Waals surface area contributed by atoms with Crippen LogP contribution in [0.5, 0.6) is 0 Å². The maximum Gasteiger partial charge on any atom is 0.255 e. The van der Waals surface area contributed by atoms with Gasteiger partial charge in [0.05, 0.1) is 6.42 Å². The molecule has 1 aliphatic rings. The largest absolute Gasteiger partial charge is 0.383 e. The molecule has 1 unspecified atom stereocenters. The van der Waals surface area contributed by atoms with Gasteiger partial charge in [-0.3, -0.25) is 14.9 Å². The molecule has 1 fully saturated rings. The predicted molar refractivity (Wildman–Crippen MR) is 84.0 cm³/mol. The minimum absolute atomic E-state index is 0.0845. The lowest BCUT2D eigenvalue weighted by Gasteiger charge is -1.97. The van der Waals surface area contributed by atoms with Crippen LogP contribution in [0.15, 0.2) is 58.8 Å². The fourth-order valence-corrected chi connectivity index (χ4v) is 3.17. The van der Waals surface area contributed by atoms with Crippen molar-refractivity contribution in [1.29, 1.82) is 0 Å². The zero-order valence-electron chi connectivity index (χ0n) is 11.4. The highest BCUT2D eigenvalue weighted by Gasteiger charge is 2.27. The van der Waals surface area contributed by atoms with Crippen LogP contribution in [0.4, 0.5) is 0 Å². The Morgan fingerprint density at radius 3 is 1.82 bits per heavy atom. The van der Waals surface area contributed by atoms with E-state index in [1.54, 1.807) is 34.0 Å². The van der Waals surface area contributed by atoms with Gasteiger partial charge in [0.15, 0.2) is 0 Å². The van der Waals surface area contributed by atoms with Gasteiger partial charge in [-0.15, -0.1) is 0 Å². The summed E-state index contributed by atoms with van der Waals surface area (Å²) >= 11 is 0. The molecule has 1 saturated heterocycles. The molecule has 6 nitrogen and oxygen atoms in total. The fraction of sp³-hybridized carbons (Fsp3) is 0.143. The van der Waals surface area contributed by atoms with E-state index in [-0.39, 0.29) is 6.42 Å². The molecule has 0 radical (unpaired) electrons. The molecule has 0 aliphatic carbocycles. The van der Waals surface area contributed by atoms with E-state index in [2.05, 4.69) is 9.97 Å². The number of nitrogens with one attached hydrogen (secondary N) is 1. The number of imide groups is 1. The van der Waals surface area contributed by atoms with Crippen LogP contribution in [0.25, 0.3) is 0 Å². The average molecular weight is 335 g/mol. The van der Waals surface area contributed by atoms with Crippen LogP contribution in [-0.2, 0) is 9.59 Å². The Labute approximate surface area is 135 Å². The molecule has 2 N–H and O–H groups in total. The van der Waals surface area contributed by atoms with E-state index in [1.807, 2.05) is 41.7 Å². The maximum atomic E-state index is 10.2. The number of aliphatic hydroxyl groups is 1. The Hall–Kier alpha value is -1.90. The summed E-state index contributed by atoms with van der Waals surface area (Å²) in [6.07, 6.45) is 2.39. The third-order valence-corrected chi connectivity index (χ3v) is 4.61. The van der Waals surface area contributed by atoms with Crippen molar-refractivity contribution >= 4 is 33.4 Å². The first-order valence-electron chi connectivity index (χ1n) is 6.33. The topological polar surface area (TPSA) is 92.2 Å². The van der Waals surface area contributed by atoms with Gasteiger partial charge in [-0.2, -0.15) is 0 Å². The van der Waals surface area contributed by atoms with Crippen molar-refractivity contribution in [3.8, 4) is 0 Å². The second-order valence-corrected chi connectivity index (χ2v) is 6.30. The fourth-order valence-electron chi connectivity index (χ4n) is 1.42. The molecule has 2 aromatic rings. The van der Waals surface area contributed by atoms with Crippen LogP contribution in [0.2, 0.25) is 0 Å². The van der Waals surface area contributed by atoms with E-state index in [0.717, 1.165) is 10.1 Å². The minimum Gasteiger partial charge on any atom is -0.383 e. The van der Waals surface area contributed by atoms with E-state index >= 15 is 0 Å². The molecular weight excluding hydrogens is 322 g/mol. The van der Waals surface area contributed by atoms with Crippen molar-refractivity contribution in [2.24, 2.45) is 0 Å². The molecule has 2 amide bonds. The minimum atomic E-state index is -1.11. The summed E-state index contributed by atoms with van der Waals surface area (Å²) in [5.74, 6) is -0.988. The molecule has 2 aromatic heterocycles. The van der Waals surface area contributed by atoms with Crippen LogP contribution < -0.4 is 5.32 Å². The molecule has 0 bridgehead atoms. The van der Waals surface area contributed by atoms with Crippen molar-refractivity contribution in [2.75, 3.05) is 0 Å². The van der Waals surface area contributed by atoms with Gasteiger partial charge in [-0.25, -0.2) is 9.97 Å². The maximum absolute atomic E-state index is 10.2. The first-order chi connectivity index (χ1) is 10.6. The normalized spacial score (nSPS) is 16.7. The summed E-state index contributed by atoms with van der Waals surface area (Å²) in [6, 6.07) is 11.8. The highest BCUT2D eigenvalue weighted by atomic mass is 33.1.